The lowest BCUT2D eigenvalue weighted by Gasteiger charge is -2.19. The van der Waals surface area contributed by atoms with Crippen LogP contribution in [0.3, 0.4) is 0 Å². The van der Waals surface area contributed by atoms with Crippen LogP contribution in [0.2, 0.25) is 0 Å². The third-order valence-corrected chi connectivity index (χ3v) is 18.0. The summed E-state index contributed by atoms with van der Waals surface area (Å²) < 4.78 is 75.4. The number of aryl methyl sites for hydroxylation is 6. The van der Waals surface area contributed by atoms with Crippen molar-refractivity contribution in [2.45, 2.75) is 121 Å². The molecule has 12 aromatic heterocycles. The number of nitrogens with one attached hydrogen (secondary N) is 4. The standard InChI is InChI=1S/C17H16N4O2.C15H22N6O.C15H21N5O2.C15H20N4O3.C14H18FN5O.C13H14N4O2/c1-11-19-10-15(17(18)21-11)23-14-8-16(22-2)20-9-13(14)12-6-4-3-5-7-12;1-8(2)13-10(6-12(17-4)21-15(13)18-5)22-11-7-19-9(3)20-14(11)16;1-8(2)13-10(6-12(17-4)20-15(13)21-5)22-11-7-18-9(3)19-14(11)16;1-8(2)13-10(6-12(20-4)19-15(13)21-5)22-11-7-17-9(3)18-14(11)16;1-7(2)12-9(5-11(17-4)20-13(12)15)21-10-6-18-8(3)19-14(10)16;1-4-9-6-16-12(18-3)5-10(9)19-11-7-15-8(2)17-13(11)14/h3-10H,1-2H3,(H2,18,19,21);6-8H,1-5H3,(H2,16,19,20)(H2,17,18,21);6-8H,1-5H3,(H,17,20)(H2,16,18,19);6-8H,1-5H3,(H2,16,17,18);5-7H,1-4H3,(H,17,20)(H2,16,18,19);4-7H,1H2,2-3H3,(H2,14,15,17). The van der Waals surface area contributed by atoms with Gasteiger partial charge in [0, 0.05) is 93.7 Å². The fourth-order valence-electron chi connectivity index (χ4n) is 11.8. The van der Waals surface area contributed by atoms with Crippen LogP contribution in [0, 0.1) is 47.5 Å². The van der Waals surface area contributed by atoms with Crippen LogP contribution in [0.5, 0.6) is 98.4 Å². The first-order chi connectivity index (χ1) is 61.6. The van der Waals surface area contributed by atoms with E-state index in [1.807, 2.05) is 92.0 Å². The molecule has 0 spiro atoms. The number of aromatic nitrogens is 18. The first-order valence-corrected chi connectivity index (χ1v) is 40.2. The Hall–Kier alpha value is -15.9. The van der Waals surface area contributed by atoms with Crippen LogP contribution in [-0.4, -0.2) is 153 Å². The molecule has 1 aromatic carbocycles. The van der Waals surface area contributed by atoms with E-state index < -0.39 is 5.95 Å². The first kappa shape index (κ1) is 98.5. The van der Waals surface area contributed by atoms with Crippen LogP contribution in [-0.2, 0) is 0 Å². The molecule has 0 saturated heterocycles. The predicted molar refractivity (Wildman–Crippen MR) is 496 cm³/mol. The zero-order valence-electron chi connectivity index (χ0n) is 76.4. The van der Waals surface area contributed by atoms with E-state index in [9.17, 15) is 4.39 Å². The molecule has 0 aliphatic carbocycles. The highest BCUT2D eigenvalue weighted by atomic mass is 19.1. The van der Waals surface area contributed by atoms with Crippen LogP contribution < -0.4 is 108 Å². The molecule has 0 fully saturated rings. The van der Waals surface area contributed by atoms with Gasteiger partial charge in [-0.2, -0.15) is 14.4 Å². The number of pyridine rings is 6. The van der Waals surface area contributed by atoms with Crippen LogP contribution in [0.15, 0.2) is 123 Å². The maximum atomic E-state index is 14.1. The molecule has 129 heavy (non-hydrogen) atoms. The SMILES string of the molecule is C=Cc1cnc(OC)cc1Oc1cnc(C)nc1N.CNc1cc(Oc2cnc(C)nc2N)c(C(C)C)c(F)n1.CNc1cc(Oc2cnc(C)nc2N)c(C(C)C)c(NC)n1.CNc1cc(Oc2cnc(C)nc2N)c(C(C)C)c(OC)n1.COc1cc(Oc2cnc(C)nc2N)c(-c2ccccc2)cn1.COc1cc(Oc2cnc(C)nc2N)c(C(C)C)c(OC)n1. The highest BCUT2D eigenvalue weighted by Gasteiger charge is 2.25. The smallest absolute Gasteiger partial charge is 0.223 e. The van der Waals surface area contributed by atoms with Gasteiger partial charge in [-0.3, -0.25) is 0 Å². The van der Waals surface area contributed by atoms with Gasteiger partial charge < -0.3 is 108 Å². The Morgan fingerprint density at radius 1 is 0.318 bits per heavy atom. The molecular weight excluding hydrogens is 1660 g/mol. The molecule has 0 bridgehead atoms. The largest absolute Gasteiger partial charge is 0.481 e. The molecule has 0 aliphatic heterocycles. The van der Waals surface area contributed by atoms with Crippen LogP contribution in [0.4, 0.5) is 62.6 Å². The Morgan fingerprint density at radius 3 is 0.969 bits per heavy atom. The molecule has 13 aromatic rings. The summed E-state index contributed by atoms with van der Waals surface area (Å²) in [4.78, 5) is 74.4. The monoisotopic (exact) mass is 1770 g/mol. The molecule has 16 N–H and O–H groups in total. The number of nitrogens with zero attached hydrogens (tertiary/aromatic N) is 18. The van der Waals surface area contributed by atoms with Gasteiger partial charge in [-0.25, -0.2) is 79.7 Å². The molecule has 39 nitrogen and oxygen atoms in total. The van der Waals surface area contributed by atoms with E-state index in [2.05, 4.69) is 131 Å². The average Bonchev–Trinajstić information content (AvgIpc) is 0.798. The number of ether oxygens (including phenoxy) is 11. The zero-order valence-corrected chi connectivity index (χ0v) is 76.4. The van der Waals surface area contributed by atoms with Crippen molar-refractivity contribution in [1.82, 2.24) is 89.7 Å². The van der Waals surface area contributed by atoms with Crippen molar-refractivity contribution in [2.24, 2.45) is 0 Å². The van der Waals surface area contributed by atoms with Crippen LogP contribution in [0.25, 0.3) is 17.2 Å². The maximum absolute atomic E-state index is 14.1. The van der Waals surface area contributed by atoms with Gasteiger partial charge in [-0.05, 0) is 70.8 Å². The zero-order chi connectivity index (χ0) is 94.5. The Labute approximate surface area is 748 Å². The van der Waals surface area contributed by atoms with Gasteiger partial charge in [0.05, 0.1) is 89.4 Å². The summed E-state index contributed by atoms with van der Waals surface area (Å²) in [5.74, 6) is 15.3. The highest BCUT2D eigenvalue weighted by molar-refractivity contribution is 5.71. The number of nitrogen functional groups attached to an aromatic ring is 6. The first-order valence-electron chi connectivity index (χ1n) is 40.2. The molecular formula is C89H111FN28O11. The normalized spacial score (nSPS) is 10.5. The minimum Gasteiger partial charge on any atom is -0.481 e. The number of benzene rings is 1. The number of rotatable bonds is 27. The number of anilines is 10. The van der Waals surface area contributed by atoms with E-state index in [0.717, 1.165) is 39.2 Å². The summed E-state index contributed by atoms with van der Waals surface area (Å²) in [6.45, 7) is 30.3. The van der Waals surface area contributed by atoms with E-state index in [1.54, 1.807) is 151 Å². The van der Waals surface area contributed by atoms with Gasteiger partial charge in [0.2, 0.25) is 35.3 Å². The second-order valence-corrected chi connectivity index (χ2v) is 28.8. The summed E-state index contributed by atoms with van der Waals surface area (Å²) in [7, 11) is 14.8. The summed E-state index contributed by atoms with van der Waals surface area (Å²) in [5, 5.41) is 11.9. The van der Waals surface area contributed by atoms with Crippen molar-refractivity contribution in [3.05, 3.63) is 192 Å². The van der Waals surface area contributed by atoms with Gasteiger partial charge in [0.15, 0.2) is 69.4 Å². The number of hydrogen-bond acceptors (Lipinski definition) is 39. The second kappa shape index (κ2) is 46.7. The molecule has 0 radical (unpaired) electrons. The number of methoxy groups -OCH3 is 5. The van der Waals surface area contributed by atoms with E-state index in [0.29, 0.717) is 162 Å². The molecule has 0 aliphatic rings. The summed E-state index contributed by atoms with van der Waals surface area (Å²) in [6, 6.07) is 20.1. The lowest BCUT2D eigenvalue weighted by atomic mass is 10.0. The minimum absolute atomic E-state index is 0.0917. The van der Waals surface area contributed by atoms with Crippen molar-refractivity contribution in [3.8, 4) is 110 Å². The summed E-state index contributed by atoms with van der Waals surface area (Å²) in [5.41, 5.74) is 40.8. The lowest BCUT2D eigenvalue weighted by molar-refractivity contribution is 0.351. The van der Waals surface area contributed by atoms with E-state index in [4.69, 9.17) is 86.5 Å². The number of nitrogens with two attached hydrogens (primary N) is 6. The molecule has 0 saturated carbocycles. The van der Waals surface area contributed by atoms with E-state index in [-0.39, 0.29) is 52.7 Å². The number of halogens is 1. The van der Waals surface area contributed by atoms with Gasteiger partial charge in [0.25, 0.3) is 0 Å². The third kappa shape index (κ3) is 27.0. The number of hydrogen-bond donors (Lipinski definition) is 10. The van der Waals surface area contributed by atoms with Crippen molar-refractivity contribution in [1.29, 1.82) is 0 Å². The molecule has 12 heterocycles. The van der Waals surface area contributed by atoms with Gasteiger partial charge >= 0.3 is 0 Å². The van der Waals surface area contributed by atoms with Crippen LogP contribution in [0.1, 0.15) is 142 Å². The van der Waals surface area contributed by atoms with E-state index in [1.165, 1.54) is 26.6 Å². The molecule has 13 rings (SSSR count). The van der Waals surface area contributed by atoms with Crippen LogP contribution >= 0.6 is 0 Å². The third-order valence-electron chi connectivity index (χ3n) is 18.0. The van der Waals surface area contributed by atoms with Crippen molar-refractivity contribution >= 4 is 64.3 Å². The topological polar surface area (TPSA) is 538 Å². The minimum atomic E-state index is -0.571. The summed E-state index contributed by atoms with van der Waals surface area (Å²) in [6.07, 6.45) is 14.2. The molecule has 0 amide bonds. The van der Waals surface area contributed by atoms with Crippen molar-refractivity contribution < 1.29 is 56.5 Å². The summed E-state index contributed by atoms with van der Waals surface area (Å²) >= 11 is 0. The Morgan fingerprint density at radius 2 is 0.628 bits per heavy atom. The quantitative estimate of drug-likeness (QED) is 0.0214. The Kier molecular flexibility index (Phi) is 35.7. The maximum Gasteiger partial charge on any atom is 0.223 e. The predicted octanol–water partition coefficient (Wildman–Crippen LogP) is 16.5. The van der Waals surface area contributed by atoms with E-state index >= 15 is 0 Å². The van der Waals surface area contributed by atoms with Gasteiger partial charge in [-0.1, -0.05) is 98.4 Å². The molecule has 0 atom stereocenters. The van der Waals surface area contributed by atoms with Gasteiger partial charge in [-0.15, -0.1) is 0 Å². The van der Waals surface area contributed by atoms with Gasteiger partial charge in [0.1, 0.15) is 92.7 Å². The molecule has 680 valence electrons. The molecule has 40 heteroatoms. The lowest BCUT2D eigenvalue weighted by Crippen LogP contribution is -2.07. The second-order valence-electron chi connectivity index (χ2n) is 28.8. The Bertz CT molecular complexity index is 5690. The fraction of sp³-hybridized carbons (Fsp3) is 0.303. The average molecular weight is 1770 g/mol. The molecule has 0 unspecified atom stereocenters. The van der Waals surface area contributed by atoms with Crippen molar-refractivity contribution in [3.63, 3.8) is 0 Å². The Balaban J connectivity index is 0.000000191. The fourth-order valence-corrected chi connectivity index (χ4v) is 11.8. The van der Waals surface area contributed by atoms with Crippen molar-refractivity contribution in [2.75, 3.05) is 119 Å². The highest BCUT2D eigenvalue weighted by Crippen LogP contribution is 2.44.